The highest BCUT2D eigenvalue weighted by atomic mass is 32.1. The maximum Gasteiger partial charge on any atom is 0.271 e. The van der Waals surface area contributed by atoms with Gasteiger partial charge in [-0.2, -0.15) is 0 Å². The average Bonchev–Trinajstić information content (AvgIpc) is 3.14. The average molecular weight is 337 g/mol. The van der Waals surface area contributed by atoms with Crippen LogP contribution in [-0.2, 0) is 0 Å². The highest BCUT2D eigenvalue weighted by Crippen LogP contribution is 2.26. The summed E-state index contributed by atoms with van der Waals surface area (Å²) in [7, 11) is 0. The van der Waals surface area contributed by atoms with Gasteiger partial charge >= 0.3 is 0 Å². The van der Waals surface area contributed by atoms with Crippen molar-refractivity contribution >= 4 is 44.4 Å². The molecule has 0 amide bonds. The summed E-state index contributed by atoms with van der Waals surface area (Å²) in [6.07, 6.45) is 1.85. The van der Waals surface area contributed by atoms with Crippen molar-refractivity contribution in [2.24, 2.45) is 0 Å². The summed E-state index contributed by atoms with van der Waals surface area (Å²) in [6, 6.07) is 13.6. The Labute approximate surface area is 141 Å². The van der Waals surface area contributed by atoms with Crippen LogP contribution in [0.1, 0.15) is 4.88 Å². The Balaban J connectivity index is 1.57. The van der Waals surface area contributed by atoms with Crippen LogP contribution in [-0.4, -0.2) is 15.2 Å². The monoisotopic (exact) mass is 337 g/mol. The number of anilines is 4. The quantitative estimate of drug-likeness (QED) is 0.451. The lowest BCUT2D eigenvalue weighted by Crippen LogP contribution is -1.97. The van der Waals surface area contributed by atoms with Gasteiger partial charge in [0.2, 0.25) is 0 Å². The zero-order valence-corrected chi connectivity index (χ0v) is 13.7. The van der Waals surface area contributed by atoms with E-state index in [2.05, 4.69) is 25.8 Å². The fourth-order valence-corrected chi connectivity index (χ4v) is 3.18. The molecule has 120 valence electrons. The SMILES string of the molecule is Cc1cnc(Nc2cccc(Nc3ccc4c(=O)[nH][nH]c4c3)c2)s1. The first-order valence-corrected chi connectivity index (χ1v) is 8.26. The van der Waals surface area contributed by atoms with Crippen LogP contribution in [0.4, 0.5) is 22.2 Å². The molecule has 0 fully saturated rings. The Morgan fingerprint density at radius 2 is 1.79 bits per heavy atom. The van der Waals surface area contributed by atoms with Gasteiger partial charge in [0.05, 0.1) is 10.9 Å². The fourth-order valence-electron chi connectivity index (χ4n) is 2.49. The molecule has 2 heterocycles. The van der Waals surface area contributed by atoms with Crippen LogP contribution < -0.4 is 16.2 Å². The third-order valence-electron chi connectivity index (χ3n) is 3.60. The number of aryl methyl sites for hydroxylation is 1. The van der Waals surface area contributed by atoms with Gasteiger partial charge in [0.1, 0.15) is 0 Å². The minimum atomic E-state index is -0.110. The summed E-state index contributed by atoms with van der Waals surface area (Å²) < 4.78 is 0. The first-order valence-electron chi connectivity index (χ1n) is 7.44. The molecule has 24 heavy (non-hydrogen) atoms. The number of nitrogens with one attached hydrogen (secondary N) is 4. The Hall–Kier alpha value is -3.06. The van der Waals surface area contributed by atoms with Crippen molar-refractivity contribution in [1.82, 2.24) is 15.2 Å². The molecule has 6 nitrogen and oxygen atoms in total. The van der Waals surface area contributed by atoms with Gasteiger partial charge in [-0.25, -0.2) is 4.98 Å². The van der Waals surface area contributed by atoms with Crippen LogP contribution in [0, 0.1) is 6.92 Å². The van der Waals surface area contributed by atoms with E-state index >= 15 is 0 Å². The number of aromatic amines is 2. The van der Waals surface area contributed by atoms with Crippen molar-refractivity contribution < 1.29 is 0 Å². The molecule has 0 spiro atoms. The Morgan fingerprint density at radius 1 is 1.00 bits per heavy atom. The van der Waals surface area contributed by atoms with Crippen molar-refractivity contribution in [2.75, 3.05) is 10.6 Å². The molecule has 2 aromatic carbocycles. The summed E-state index contributed by atoms with van der Waals surface area (Å²) in [5.41, 5.74) is 3.48. The van der Waals surface area contributed by atoms with E-state index < -0.39 is 0 Å². The van der Waals surface area contributed by atoms with Crippen molar-refractivity contribution in [1.29, 1.82) is 0 Å². The van der Waals surface area contributed by atoms with Gasteiger partial charge in [0, 0.05) is 28.1 Å². The summed E-state index contributed by atoms with van der Waals surface area (Å²) in [5, 5.41) is 13.6. The summed E-state index contributed by atoms with van der Waals surface area (Å²) in [5.74, 6) is 0. The molecule has 0 radical (unpaired) electrons. The first-order chi connectivity index (χ1) is 11.7. The zero-order chi connectivity index (χ0) is 16.5. The zero-order valence-electron chi connectivity index (χ0n) is 12.9. The van der Waals surface area contributed by atoms with E-state index in [0.717, 1.165) is 27.7 Å². The van der Waals surface area contributed by atoms with Crippen molar-refractivity contribution in [3.8, 4) is 0 Å². The summed E-state index contributed by atoms with van der Waals surface area (Å²) in [4.78, 5) is 17.0. The number of rotatable bonds is 4. The van der Waals surface area contributed by atoms with Crippen molar-refractivity contribution in [3.63, 3.8) is 0 Å². The molecule has 0 unspecified atom stereocenters. The highest BCUT2D eigenvalue weighted by Gasteiger charge is 2.04. The lowest BCUT2D eigenvalue weighted by atomic mass is 10.2. The number of nitrogens with zero attached hydrogens (tertiary/aromatic N) is 1. The maximum absolute atomic E-state index is 11.5. The third-order valence-corrected chi connectivity index (χ3v) is 4.43. The molecule has 0 bridgehead atoms. The highest BCUT2D eigenvalue weighted by molar-refractivity contribution is 7.15. The van der Waals surface area contributed by atoms with Crippen molar-refractivity contribution in [3.05, 3.63) is 63.9 Å². The molecular formula is C17H15N5OS. The van der Waals surface area contributed by atoms with Crippen LogP contribution in [0.15, 0.2) is 53.5 Å². The van der Waals surface area contributed by atoms with Gasteiger partial charge in [-0.1, -0.05) is 6.07 Å². The van der Waals surface area contributed by atoms with Crippen LogP contribution in [0.5, 0.6) is 0 Å². The van der Waals surface area contributed by atoms with Crippen LogP contribution in [0.3, 0.4) is 0 Å². The molecule has 0 aliphatic rings. The maximum atomic E-state index is 11.5. The summed E-state index contributed by atoms with van der Waals surface area (Å²) in [6.45, 7) is 2.03. The molecule has 0 atom stereocenters. The molecule has 2 aromatic heterocycles. The lowest BCUT2D eigenvalue weighted by molar-refractivity contribution is 1.08. The minimum absolute atomic E-state index is 0.110. The standard InChI is InChI=1S/C17H15N5OS/c1-10-9-18-17(24-10)20-12-4-2-3-11(7-12)19-13-5-6-14-15(8-13)21-22-16(14)23/h2-9,19H,1H3,(H,18,20)(H2,21,22,23). The Kier molecular flexibility index (Phi) is 3.55. The number of hydrogen-bond acceptors (Lipinski definition) is 5. The second kappa shape index (κ2) is 5.86. The van der Waals surface area contributed by atoms with E-state index in [1.54, 1.807) is 17.4 Å². The van der Waals surface area contributed by atoms with Gasteiger partial charge in [-0.3, -0.25) is 15.0 Å². The van der Waals surface area contributed by atoms with E-state index in [-0.39, 0.29) is 5.56 Å². The van der Waals surface area contributed by atoms with E-state index in [1.165, 1.54) is 4.88 Å². The smallest absolute Gasteiger partial charge is 0.271 e. The van der Waals surface area contributed by atoms with Crippen LogP contribution >= 0.6 is 11.3 Å². The molecule has 4 N–H and O–H groups in total. The van der Waals surface area contributed by atoms with Gasteiger partial charge in [-0.15, -0.1) is 11.3 Å². The molecular weight excluding hydrogens is 322 g/mol. The lowest BCUT2D eigenvalue weighted by Gasteiger charge is -2.09. The predicted molar refractivity (Wildman–Crippen MR) is 98.8 cm³/mol. The number of H-pyrrole nitrogens is 2. The van der Waals surface area contributed by atoms with Gasteiger partial charge < -0.3 is 10.6 Å². The number of benzene rings is 2. The van der Waals surface area contributed by atoms with Gasteiger partial charge in [0.25, 0.3) is 5.56 Å². The van der Waals surface area contributed by atoms with Crippen LogP contribution in [0.25, 0.3) is 10.9 Å². The topological polar surface area (TPSA) is 85.6 Å². The number of aromatic nitrogens is 3. The van der Waals surface area contributed by atoms with Crippen LogP contribution in [0.2, 0.25) is 0 Å². The Bertz CT molecular complexity index is 1060. The van der Waals surface area contributed by atoms with E-state index in [0.29, 0.717) is 5.39 Å². The third kappa shape index (κ3) is 2.89. The molecule has 0 saturated heterocycles. The predicted octanol–water partition coefficient (Wildman–Crippen LogP) is 4.11. The van der Waals surface area contributed by atoms with Crippen molar-refractivity contribution in [2.45, 2.75) is 6.92 Å². The minimum Gasteiger partial charge on any atom is -0.355 e. The van der Waals surface area contributed by atoms with Gasteiger partial charge in [-0.05, 0) is 43.3 Å². The fraction of sp³-hybridized carbons (Fsp3) is 0.0588. The molecule has 7 heteroatoms. The number of hydrogen-bond donors (Lipinski definition) is 4. The normalized spacial score (nSPS) is 10.9. The molecule has 4 rings (SSSR count). The van der Waals surface area contributed by atoms with E-state index in [9.17, 15) is 4.79 Å². The second-order valence-electron chi connectivity index (χ2n) is 5.45. The second-order valence-corrected chi connectivity index (χ2v) is 6.68. The van der Waals surface area contributed by atoms with Gasteiger partial charge in [0.15, 0.2) is 5.13 Å². The largest absolute Gasteiger partial charge is 0.355 e. The molecule has 0 aliphatic carbocycles. The molecule has 0 saturated carbocycles. The Morgan fingerprint density at radius 3 is 2.58 bits per heavy atom. The van der Waals surface area contributed by atoms with E-state index in [1.807, 2.05) is 49.5 Å². The number of fused-ring (bicyclic) bond motifs is 1. The number of thiazole rings is 1. The summed E-state index contributed by atoms with van der Waals surface area (Å²) >= 11 is 1.62. The first kappa shape index (κ1) is 14.5. The molecule has 0 aliphatic heterocycles. The van der Waals surface area contributed by atoms with E-state index in [4.69, 9.17) is 0 Å². The molecule has 4 aromatic rings.